The Kier molecular flexibility index (Phi) is 4.39. The molecule has 0 bridgehead atoms. The number of rotatable bonds is 4. The SMILES string of the molecule is CCN(c1nc(C(F)(F)F)ccc1C(N)=O)C1CCCC1. The van der Waals surface area contributed by atoms with E-state index in [4.69, 9.17) is 5.73 Å². The van der Waals surface area contributed by atoms with E-state index in [0.29, 0.717) is 6.54 Å². The molecule has 2 rings (SSSR count). The van der Waals surface area contributed by atoms with Crippen LogP contribution in [0.25, 0.3) is 0 Å². The second-order valence-corrected chi connectivity index (χ2v) is 5.15. The summed E-state index contributed by atoms with van der Waals surface area (Å²) in [5.74, 6) is -0.714. The van der Waals surface area contributed by atoms with Crippen molar-refractivity contribution in [1.29, 1.82) is 0 Å². The van der Waals surface area contributed by atoms with Gasteiger partial charge in [-0.2, -0.15) is 13.2 Å². The lowest BCUT2D eigenvalue weighted by Crippen LogP contribution is -2.36. The fourth-order valence-electron chi connectivity index (χ4n) is 2.81. The van der Waals surface area contributed by atoms with Gasteiger partial charge in [-0.15, -0.1) is 0 Å². The van der Waals surface area contributed by atoms with E-state index in [-0.39, 0.29) is 17.4 Å². The minimum Gasteiger partial charge on any atom is -0.365 e. The number of primary amides is 1. The molecule has 1 saturated carbocycles. The number of nitrogens with zero attached hydrogens (tertiary/aromatic N) is 2. The van der Waals surface area contributed by atoms with Crippen LogP contribution in [0.5, 0.6) is 0 Å². The molecule has 0 aromatic carbocycles. The highest BCUT2D eigenvalue weighted by atomic mass is 19.4. The molecule has 0 radical (unpaired) electrons. The van der Waals surface area contributed by atoms with Crippen LogP contribution in [0.15, 0.2) is 12.1 Å². The predicted octanol–water partition coefficient (Wildman–Crippen LogP) is 2.97. The standard InChI is InChI=1S/C14H18F3N3O/c1-2-20(9-5-3-4-6-9)13-10(12(18)21)7-8-11(19-13)14(15,16)17/h7-9H,2-6H2,1H3,(H2,18,21). The number of aromatic nitrogens is 1. The van der Waals surface area contributed by atoms with Crippen LogP contribution >= 0.6 is 0 Å². The summed E-state index contributed by atoms with van der Waals surface area (Å²) in [6, 6.07) is 2.03. The maximum atomic E-state index is 12.8. The summed E-state index contributed by atoms with van der Waals surface area (Å²) in [5.41, 5.74) is 4.32. The first-order valence-electron chi connectivity index (χ1n) is 6.99. The van der Waals surface area contributed by atoms with Crippen LogP contribution in [0.4, 0.5) is 19.0 Å². The van der Waals surface area contributed by atoms with Gasteiger partial charge in [0.25, 0.3) is 5.91 Å². The topological polar surface area (TPSA) is 59.2 Å². The number of amides is 1. The number of halogens is 3. The zero-order valence-corrected chi connectivity index (χ0v) is 11.8. The third-order valence-electron chi connectivity index (χ3n) is 3.81. The molecule has 7 heteroatoms. The maximum Gasteiger partial charge on any atom is 0.433 e. The molecule has 1 aromatic rings. The summed E-state index contributed by atoms with van der Waals surface area (Å²) >= 11 is 0. The fraction of sp³-hybridized carbons (Fsp3) is 0.571. The summed E-state index contributed by atoms with van der Waals surface area (Å²) in [6.07, 6.45) is -0.688. The number of nitrogens with two attached hydrogens (primary N) is 1. The van der Waals surface area contributed by atoms with Crippen LogP contribution in [0.3, 0.4) is 0 Å². The van der Waals surface area contributed by atoms with Crippen molar-refractivity contribution in [2.24, 2.45) is 5.73 Å². The molecule has 0 saturated heterocycles. The van der Waals surface area contributed by atoms with Crippen molar-refractivity contribution in [3.63, 3.8) is 0 Å². The molecule has 1 amide bonds. The summed E-state index contributed by atoms with van der Waals surface area (Å²) in [4.78, 5) is 16.9. The molecule has 2 N–H and O–H groups in total. The summed E-state index contributed by atoms with van der Waals surface area (Å²) in [5, 5.41) is 0. The fourth-order valence-corrected chi connectivity index (χ4v) is 2.81. The van der Waals surface area contributed by atoms with E-state index in [1.165, 1.54) is 0 Å². The van der Waals surface area contributed by atoms with E-state index >= 15 is 0 Å². The van der Waals surface area contributed by atoms with Gasteiger partial charge >= 0.3 is 6.18 Å². The van der Waals surface area contributed by atoms with Crippen LogP contribution < -0.4 is 10.6 Å². The lowest BCUT2D eigenvalue weighted by Gasteiger charge is -2.30. The molecule has 1 aromatic heterocycles. The molecular weight excluding hydrogens is 283 g/mol. The smallest absolute Gasteiger partial charge is 0.365 e. The van der Waals surface area contributed by atoms with E-state index in [0.717, 1.165) is 37.8 Å². The number of carbonyl (C=O) groups is 1. The van der Waals surface area contributed by atoms with Crippen LogP contribution in [-0.4, -0.2) is 23.5 Å². The maximum absolute atomic E-state index is 12.8. The van der Waals surface area contributed by atoms with Crippen molar-refractivity contribution in [2.45, 2.75) is 44.8 Å². The number of anilines is 1. The largest absolute Gasteiger partial charge is 0.433 e. The second-order valence-electron chi connectivity index (χ2n) is 5.15. The van der Waals surface area contributed by atoms with Crippen molar-refractivity contribution in [3.8, 4) is 0 Å². The Balaban J connectivity index is 2.48. The number of pyridine rings is 1. The van der Waals surface area contributed by atoms with Crippen molar-refractivity contribution in [3.05, 3.63) is 23.4 Å². The molecule has 0 unspecified atom stereocenters. The van der Waals surface area contributed by atoms with Gasteiger partial charge < -0.3 is 10.6 Å². The molecule has 116 valence electrons. The first-order chi connectivity index (χ1) is 9.84. The van der Waals surface area contributed by atoms with Crippen LogP contribution in [-0.2, 0) is 6.18 Å². The first-order valence-corrected chi connectivity index (χ1v) is 6.99. The van der Waals surface area contributed by atoms with Gasteiger partial charge in [0.15, 0.2) is 0 Å². The van der Waals surface area contributed by atoms with Crippen LogP contribution in [0, 0.1) is 0 Å². The van der Waals surface area contributed by atoms with Gasteiger partial charge in [0, 0.05) is 12.6 Å². The Morgan fingerprint density at radius 2 is 2.00 bits per heavy atom. The monoisotopic (exact) mass is 301 g/mol. The Bertz CT molecular complexity index is 525. The Labute approximate surface area is 121 Å². The van der Waals surface area contributed by atoms with Gasteiger partial charge in [-0.25, -0.2) is 4.98 Å². The van der Waals surface area contributed by atoms with E-state index < -0.39 is 17.8 Å². The predicted molar refractivity (Wildman–Crippen MR) is 73.0 cm³/mol. The van der Waals surface area contributed by atoms with Crippen molar-refractivity contribution < 1.29 is 18.0 Å². The number of hydrogen-bond acceptors (Lipinski definition) is 3. The molecule has 1 aliphatic carbocycles. The van der Waals surface area contributed by atoms with E-state index in [2.05, 4.69) is 4.98 Å². The Hall–Kier alpha value is -1.79. The normalized spacial score (nSPS) is 16.2. The number of hydrogen-bond donors (Lipinski definition) is 1. The third kappa shape index (κ3) is 3.28. The van der Waals surface area contributed by atoms with Gasteiger partial charge in [0.2, 0.25) is 0 Å². The molecule has 21 heavy (non-hydrogen) atoms. The van der Waals surface area contributed by atoms with Crippen molar-refractivity contribution in [1.82, 2.24) is 4.98 Å². The van der Waals surface area contributed by atoms with Gasteiger partial charge in [-0.3, -0.25) is 4.79 Å². The highest BCUT2D eigenvalue weighted by Gasteiger charge is 2.35. The number of alkyl halides is 3. The molecule has 0 atom stereocenters. The quantitative estimate of drug-likeness (QED) is 0.930. The number of carbonyl (C=O) groups excluding carboxylic acids is 1. The lowest BCUT2D eigenvalue weighted by molar-refractivity contribution is -0.141. The highest BCUT2D eigenvalue weighted by Crippen LogP contribution is 2.33. The minimum atomic E-state index is -4.54. The van der Waals surface area contributed by atoms with Crippen LogP contribution in [0.1, 0.15) is 48.7 Å². The van der Waals surface area contributed by atoms with Gasteiger partial charge in [-0.05, 0) is 31.9 Å². The van der Waals surface area contributed by atoms with Gasteiger partial charge in [0.1, 0.15) is 11.5 Å². The Morgan fingerprint density at radius 1 is 1.38 bits per heavy atom. The van der Waals surface area contributed by atoms with Gasteiger partial charge in [-0.1, -0.05) is 12.8 Å². The summed E-state index contributed by atoms with van der Waals surface area (Å²) in [7, 11) is 0. The zero-order valence-electron chi connectivity index (χ0n) is 11.8. The summed E-state index contributed by atoms with van der Waals surface area (Å²) < 4.78 is 38.5. The first kappa shape index (κ1) is 15.6. The highest BCUT2D eigenvalue weighted by molar-refractivity contribution is 5.97. The zero-order chi connectivity index (χ0) is 15.6. The lowest BCUT2D eigenvalue weighted by atomic mass is 10.1. The second kappa shape index (κ2) is 5.91. The average Bonchev–Trinajstić information content (AvgIpc) is 2.92. The molecule has 1 aliphatic rings. The van der Waals surface area contributed by atoms with Crippen molar-refractivity contribution >= 4 is 11.7 Å². The Morgan fingerprint density at radius 3 is 2.48 bits per heavy atom. The third-order valence-corrected chi connectivity index (χ3v) is 3.81. The van der Waals surface area contributed by atoms with Gasteiger partial charge in [0.05, 0.1) is 5.56 Å². The average molecular weight is 301 g/mol. The molecule has 1 fully saturated rings. The van der Waals surface area contributed by atoms with E-state index in [1.807, 2.05) is 6.92 Å². The molecule has 0 aliphatic heterocycles. The molecule has 1 heterocycles. The summed E-state index contributed by atoms with van der Waals surface area (Å²) in [6.45, 7) is 2.32. The van der Waals surface area contributed by atoms with Crippen LogP contribution in [0.2, 0.25) is 0 Å². The van der Waals surface area contributed by atoms with E-state index in [1.54, 1.807) is 4.90 Å². The molecule has 4 nitrogen and oxygen atoms in total. The molecular formula is C14H18F3N3O. The minimum absolute atomic E-state index is 0.0387. The molecule has 0 spiro atoms. The van der Waals surface area contributed by atoms with E-state index in [9.17, 15) is 18.0 Å². The van der Waals surface area contributed by atoms with Crippen molar-refractivity contribution in [2.75, 3.05) is 11.4 Å².